The molecule has 5 heterocycles. The van der Waals surface area contributed by atoms with E-state index in [0.717, 1.165) is 189 Å². The van der Waals surface area contributed by atoms with Gasteiger partial charge in [-0.25, -0.2) is 9.97 Å². The van der Waals surface area contributed by atoms with Crippen LogP contribution in [0.1, 0.15) is 128 Å². The van der Waals surface area contributed by atoms with Gasteiger partial charge in [0.2, 0.25) is 0 Å². The summed E-state index contributed by atoms with van der Waals surface area (Å²) in [6.45, 7) is 11.6. The van der Waals surface area contributed by atoms with Crippen molar-refractivity contribution >= 4 is 46.4 Å². The summed E-state index contributed by atoms with van der Waals surface area (Å²) >= 11 is 0. The minimum absolute atomic E-state index is 0.699. The molecule has 9 rings (SSSR count). The molecule has 0 aliphatic carbocycles. The highest BCUT2D eigenvalue weighted by Gasteiger charge is 2.20. The van der Waals surface area contributed by atoms with Crippen LogP contribution in [0.25, 0.3) is 90.9 Å². The zero-order valence-corrected chi connectivity index (χ0v) is 42.7. The van der Waals surface area contributed by atoms with Crippen molar-refractivity contribution in [2.24, 2.45) is 0 Å². The van der Waals surface area contributed by atoms with E-state index in [1.807, 2.05) is 0 Å². The molecule has 370 valence electrons. The fraction of sp³-hybridized carbons (Fsp3) is 0.312. The van der Waals surface area contributed by atoms with Crippen LogP contribution >= 0.6 is 0 Å². The summed E-state index contributed by atoms with van der Waals surface area (Å²) in [4.78, 5) is 18.9. The largest absolute Gasteiger partial charge is 0.494 e. The average Bonchev–Trinajstić information content (AvgIpc) is 4.27. The monoisotopic (exact) mass is 959 g/mol. The molecule has 0 unspecified atom stereocenters. The third-order valence-electron chi connectivity index (χ3n) is 13.4. The first-order valence-electron chi connectivity index (χ1n) is 26.6. The van der Waals surface area contributed by atoms with Gasteiger partial charge in [0.1, 0.15) is 23.0 Å². The van der Waals surface area contributed by atoms with Gasteiger partial charge in [0.25, 0.3) is 0 Å². The zero-order chi connectivity index (χ0) is 49.5. The molecule has 8 nitrogen and oxygen atoms in total. The highest BCUT2D eigenvalue weighted by molar-refractivity contribution is 6.00. The topological polar surface area (TPSA) is 94.3 Å². The van der Waals surface area contributed by atoms with Gasteiger partial charge in [-0.3, -0.25) is 0 Å². The maximum absolute atomic E-state index is 6.19. The fourth-order valence-corrected chi connectivity index (χ4v) is 9.46. The van der Waals surface area contributed by atoms with Gasteiger partial charge in [-0.1, -0.05) is 128 Å². The molecule has 2 aliphatic rings. The van der Waals surface area contributed by atoms with Crippen molar-refractivity contribution in [3.05, 3.63) is 144 Å². The molecular formula is C64H70N4O4. The number of hydrogen-bond donors (Lipinski definition) is 2. The van der Waals surface area contributed by atoms with Gasteiger partial charge in [-0.2, -0.15) is 0 Å². The molecule has 0 saturated heterocycles. The predicted molar refractivity (Wildman–Crippen MR) is 301 cm³/mol. The number of nitrogens with zero attached hydrogens (tertiary/aromatic N) is 2. The van der Waals surface area contributed by atoms with E-state index in [1.165, 1.54) is 0 Å². The molecule has 8 heteroatoms. The van der Waals surface area contributed by atoms with Crippen LogP contribution in [0.15, 0.2) is 121 Å². The Kier molecular flexibility index (Phi) is 17.0. The fourth-order valence-electron chi connectivity index (χ4n) is 9.46. The van der Waals surface area contributed by atoms with Gasteiger partial charge in [0, 0.05) is 44.3 Å². The van der Waals surface area contributed by atoms with Crippen LogP contribution in [0.2, 0.25) is 0 Å². The lowest BCUT2D eigenvalue weighted by atomic mass is 10.0. The van der Waals surface area contributed by atoms with E-state index >= 15 is 0 Å². The Balaban J connectivity index is 1.27. The Bertz CT molecular complexity index is 2700. The molecule has 0 radical (unpaired) electrons. The minimum atomic E-state index is 0.699. The van der Waals surface area contributed by atoms with E-state index in [0.29, 0.717) is 26.4 Å². The van der Waals surface area contributed by atoms with Crippen LogP contribution in [0.4, 0.5) is 0 Å². The number of nitrogens with one attached hydrogen (secondary N) is 2. The Labute approximate surface area is 426 Å². The average molecular weight is 959 g/mol. The minimum Gasteiger partial charge on any atom is -0.494 e. The van der Waals surface area contributed by atoms with E-state index in [9.17, 15) is 0 Å². The quantitative estimate of drug-likeness (QED) is 0.0586. The Morgan fingerprint density at radius 1 is 0.292 bits per heavy atom. The summed E-state index contributed by atoms with van der Waals surface area (Å²) in [7, 11) is 0. The molecule has 2 aliphatic heterocycles. The van der Waals surface area contributed by atoms with Gasteiger partial charge in [0.05, 0.1) is 49.2 Å². The first-order chi connectivity index (χ1) is 35.5. The number of benzene rings is 4. The molecule has 8 bridgehead atoms. The van der Waals surface area contributed by atoms with Crippen LogP contribution in [0.5, 0.6) is 23.0 Å². The third kappa shape index (κ3) is 12.0. The molecule has 72 heavy (non-hydrogen) atoms. The van der Waals surface area contributed by atoms with Crippen molar-refractivity contribution in [2.45, 2.75) is 105 Å². The number of H-pyrrole nitrogens is 2. The molecule has 2 N–H and O–H groups in total. The second-order valence-corrected chi connectivity index (χ2v) is 18.8. The molecule has 0 fully saturated rings. The molecule has 0 atom stereocenters. The first kappa shape index (κ1) is 49.7. The van der Waals surface area contributed by atoms with Crippen LogP contribution in [0.3, 0.4) is 0 Å². The van der Waals surface area contributed by atoms with Crippen LogP contribution in [-0.4, -0.2) is 46.4 Å². The van der Waals surface area contributed by atoms with Crippen LogP contribution in [-0.2, 0) is 0 Å². The normalized spacial score (nSPS) is 11.8. The lowest BCUT2D eigenvalue weighted by molar-refractivity contribution is 0.306. The molecule has 0 saturated carbocycles. The smallest absolute Gasteiger partial charge is 0.119 e. The highest BCUT2D eigenvalue weighted by Crippen LogP contribution is 2.39. The van der Waals surface area contributed by atoms with Gasteiger partial charge in [0.15, 0.2) is 0 Å². The van der Waals surface area contributed by atoms with Crippen molar-refractivity contribution < 1.29 is 18.9 Å². The maximum Gasteiger partial charge on any atom is 0.119 e. The van der Waals surface area contributed by atoms with Gasteiger partial charge in [-0.15, -0.1) is 0 Å². The van der Waals surface area contributed by atoms with E-state index in [4.69, 9.17) is 28.9 Å². The zero-order valence-electron chi connectivity index (χ0n) is 42.7. The summed E-state index contributed by atoms with van der Waals surface area (Å²) in [5.74, 6) is 3.43. The maximum atomic E-state index is 6.19. The standard InChI is InChI=1S/C64H70N4O4/c1-5-9-13-41-69-49-25-17-45(18-26-49)61-53-33-35-55(65-53)62(46-19-27-50(28-20-46)70-42-14-10-6-2)57-37-39-59(67-57)64(48-23-31-52(32-24-48)72-44-16-12-8-4)60-40-38-58(68-60)63(56-36-34-54(61)66-56)47-21-29-51(30-22-47)71-43-15-11-7-3/h17-40,65,68H,5-16,41-44H2,1-4H3. The van der Waals surface area contributed by atoms with Crippen LogP contribution in [0, 0.1) is 0 Å². The lowest BCUT2D eigenvalue weighted by Gasteiger charge is -2.10. The van der Waals surface area contributed by atoms with E-state index in [-0.39, 0.29) is 0 Å². The van der Waals surface area contributed by atoms with E-state index in [1.54, 1.807) is 0 Å². The van der Waals surface area contributed by atoms with Gasteiger partial charge in [-0.05, 0) is 145 Å². The second kappa shape index (κ2) is 24.7. The molecule has 3 aromatic heterocycles. The lowest BCUT2D eigenvalue weighted by Crippen LogP contribution is -1.97. The summed E-state index contributed by atoms with van der Waals surface area (Å²) in [5.41, 5.74) is 15.2. The first-order valence-corrected chi connectivity index (χ1v) is 26.6. The summed E-state index contributed by atoms with van der Waals surface area (Å²) < 4.78 is 24.8. The molecule has 0 spiro atoms. The van der Waals surface area contributed by atoms with E-state index in [2.05, 4.69) is 183 Å². The number of aromatic amines is 2. The molecular weight excluding hydrogens is 889 g/mol. The van der Waals surface area contributed by atoms with Crippen molar-refractivity contribution in [1.29, 1.82) is 0 Å². The van der Waals surface area contributed by atoms with Crippen LogP contribution < -0.4 is 18.9 Å². The summed E-state index contributed by atoms with van der Waals surface area (Å²) in [6, 6.07) is 42.5. The second-order valence-electron chi connectivity index (χ2n) is 18.8. The number of unbranched alkanes of at least 4 members (excludes halogenated alkanes) is 8. The van der Waals surface area contributed by atoms with Gasteiger partial charge < -0.3 is 28.9 Å². The highest BCUT2D eigenvalue weighted by atomic mass is 16.5. The third-order valence-corrected chi connectivity index (χ3v) is 13.4. The Morgan fingerprint density at radius 2 is 0.514 bits per heavy atom. The summed E-state index contributed by atoms with van der Waals surface area (Å²) in [5, 5.41) is 0. The number of fused-ring (bicyclic) bond motifs is 8. The Morgan fingerprint density at radius 3 is 0.722 bits per heavy atom. The molecule has 4 aromatic carbocycles. The molecule has 0 amide bonds. The van der Waals surface area contributed by atoms with Crippen molar-refractivity contribution in [3.8, 4) is 67.5 Å². The number of aromatic nitrogens is 4. The predicted octanol–water partition coefficient (Wildman–Crippen LogP) is 17.6. The van der Waals surface area contributed by atoms with Gasteiger partial charge >= 0.3 is 0 Å². The van der Waals surface area contributed by atoms with Crippen molar-refractivity contribution in [2.75, 3.05) is 26.4 Å². The molecule has 7 aromatic rings. The number of ether oxygens (including phenoxy) is 4. The SMILES string of the molecule is CCCCCOc1ccc(-c2c3nc(c(-c4ccc(OCCCCC)cc4)c4ccc([nH]4)c(-c4ccc(OCCCCC)cc4)c4nc(c(-c5ccc(OCCCCC)cc5)c5ccc2[nH]5)C=C4)C=C3)cc1. The van der Waals surface area contributed by atoms with E-state index < -0.39 is 0 Å². The number of hydrogen-bond acceptors (Lipinski definition) is 6. The van der Waals surface area contributed by atoms with Crippen molar-refractivity contribution in [3.63, 3.8) is 0 Å². The number of rotatable bonds is 24. The summed E-state index contributed by atoms with van der Waals surface area (Å²) in [6.07, 6.45) is 21.9. The van der Waals surface area contributed by atoms with Crippen molar-refractivity contribution in [1.82, 2.24) is 19.9 Å². The Hall–Kier alpha value is -7.32.